The number of amides is 2. The highest BCUT2D eigenvalue weighted by molar-refractivity contribution is 5.87. The third-order valence-corrected chi connectivity index (χ3v) is 7.32. The minimum atomic E-state index is -0.442. The molecule has 0 aromatic heterocycles. The maximum atomic E-state index is 13.5. The molecule has 2 saturated heterocycles. The molecule has 2 amide bonds. The molecule has 2 aliphatic heterocycles. The van der Waals surface area contributed by atoms with Gasteiger partial charge in [0.15, 0.2) is 0 Å². The number of rotatable bonds is 4. The van der Waals surface area contributed by atoms with Crippen molar-refractivity contribution < 1.29 is 19.4 Å². The molecule has 3 fully saturated rings. The number of piperidine rings is 1. The van der Waals surface area contributed by atoms with Gasteiger partial charge in [-0.05, 0) is 82.6 Å². The number of carbonyl (C=O) groups excluding carboxylic acids is 2. The van der Waals surface area contributed by atoms with Crippen LogP contribution in [0, 0.1) is 12.3 Å². The molecule has 1 atom stereocenters. The molecule has 7 nitrogen and oxygen atoms in total. The van der Waals surface area contributed by atoms with Gasteiger partial charge in [-0.25, -0.2) is 4.79 Å². The Bertz CT molecular complexity index is 821. The Kier molecular flexibility index (Phi) is 6.42. The van der Waals surface area contributed by atoms with Gasteiger partial charge in [0, 0.05) is 37.1 Å². The summed E-state index contributed by atoms with van der Waals surface area (Å²) in [5.74, 6) is 0.316. The summed E-state index contributed by atoms with van der Waals surface area (Å²) >= 11 is 0. The number of aliphatic hydroxyl groups excluding tert-OH is 1. The molecule has 1 aromatic carbocycles. The van der Waals surface area contributed by atoms with Crippen molar-refractivity contribution in [3.05, 3.63) is 23.8 Å². The molecule has 1 aromatic rings. The van der Waals surface area contributed by atoms with Crippen LogP contribution in [0.4, 0.5) is 16.2 Å². The number of likely N-dealkylation sites (tertiary alicyclic amines) is 1. The summed E-state index contributed by atoms with van der Waals surface area (Å²) in [6, 6.07) is 6.31. The molecule has 2 heterocycles. The predicted octanol–water partition coefficient (Wildman–Crippen LogP) is 3.69. The first-order valence-electron chi connectivity index (χ1n) is 11.7. The number of hydrogen-bond donors (Lipinski definition) is 2. The van der Waals surface area contributed by atoms with Crippen LogP contribution in [0.25, 0.3) is 0 Å². The highest BCUT2D eigenvalue weighted by Gasteiger charge is 2.50. The van der Waals surface area contributed by atoms with E-state index in [9.17, 15) is 14.7 Å². The summed E-state index contributed by atoms with van der Waals surface area (Å²) in [4.78, 5) is 29.7. The second-order valence-corrected chi connectivity index (χ2v) is 9.36. The largest absolute Gasteiger partial charge is 0.450 e. The molecule has 2 N–H and O–H groups in total. The van der Waals surface area contributed by atoms with E-state index in [1.165, 1.54) is 0 Å². The number of nitrogens with zero attached hydrogens (tertiary/aromatic N) is 2. The lowest BCUT2D eigenvalue weighted by molar-refractivity contribution is -0.139. The van der Waals surface area contributed by atoms with Crippen LogP contribution in [0.3, 0.4) is 0 Å². The van der Waals surface area contributed by atoms with E-state index < -0.39 is 6.09 Å². The van der Waals surface area contributed by atoms with Gasteiger partial charge in [0.25, 0.3) is 0 Å². The Balaban J connectivity index is 1.44. The predicted molar refractivity (Wildman–Crippen MR) is 120 cm³/mol. The van der Waals surface area contributed by atoms with Crippen molar-refractivity contribution in [1.82, 2.24) is 4.90 Å². The zero-order valence-electron chi connectivity index (χ0n) is 18.7. The number of aryl methyl sites for hydroxylation is 1. The summed E-state index contributed by atoms with van der Waals surface area (Å²) in [6.45, 7) is 6.63. The topological polar surface area (TPSA) is 82.1 Å². The summed E-state index contributed by atoms with van der Waals surface area (Å²) in [5.41, 5.74) is 2.53. The first-order valence-corrected chi connectivity index (χ1v) is 11.7. The third-order valence-electron chi connectivity index (χ3n) is 7.32. The number of anilines is 2. The Morgan fingerprint density at radius 1 is 1.23 bits per heavy atom. The Morgan fingerprint density at radius 3 is 2.71 bits per heavy atom. The van der Waals surface area contributed by atoms with E-state index >= 15 is 0 Å². The fourth-order valence-corrected chi connectivity index (χ4v) is 5.56. The quantitative estimate of drug-likeness (QED) is 0.763. The van der Waals surface area contributed by atoms with Crippen molar-refractivity contribution in [3.63, 3.8) is 0 Å². The lowest BCUT2D eigenvalue weighted by Gasteiger charge is -2.41. The number of hydrogen-bond acceptors (Lipinski definition) is 5. The lowest BCUT2D eigenvalue weighted by atomic mass is 9.78. The van der Waals surface area contributed by atoms with E-state index in [1.807, 2.05) is 19.1 Å². The Labute approximate surface area is 184 Å². The summed E-state index contributed by atoms with van der Waals surface area (Å²) < 4.78 is 4.97. The molecule has 0 bridgehead atoms. The van der Waals surface area contributed by atoms with Gasteiger partial charge < -0.3 is 19.6 Å². The van der Waals surface area contributed by atoms with E-state index in [1.54, 1.807) is 6.92 Å². The molecule has 3 aliphatic rings. The Hall–Kier alpha value is -2.28. The van der Waals surface area contributed by atoms with Gasteiger partial charge in [0.2, 0.25) is 5.91 Å². The van der Waals surface area contributed by atoms with Crippen molar-refractivity contribution in [1.29, 1.82) is 0 Å². The number of benzene rings is 1. The van der Waals surface area contributed by atoms with Crippen LogP contribution in [0.1, 0.15) is 57.4 Å². The molecule has 1 saturated carbocycles. The minimum absolute atomic E-state index is 0.197. The monoisotopic (exact) mass is 429 g/mol. The van der Waals surface area contributed by atoms with Crippen LogP contribution in [0.2, 0.25) is 0 Å². The number of ether oxygens (including phenoxy) is 1. The standard InChI is InChI=1S/C24H35N3O4/c1-3-31-23(30)25-21-10-7-19(15-17(21)2)26-13-4-11-24(16-26)12-14-27(22(24)29)18-5-8-20(28)9-6-18/h7,10,15,18,20,28H,3-6,8-9,11-14,16H2,1-2H3,(H,25,30). The Morgan fingerprint density at radius 2 is 2.00 bits per heavy atom. The van der Waals surface area contributed by atoms with Crippen LogP contribution in [-0.2, 0) is 9.53 Å². The zero-order chi connectivity index (χ0) is 22.0. The maximum Gasteiger partial charge on any atom is 0.411 e. The molecule has 0 radical (unpaired) electrons. The van der Waals surface area contributed by atoms with Crippen molar-refractivity contribution in [2.24, 2.45) is 5.41 Å². The second kappa shape index (κ2) is 9.07. The fourth-order valence-electron chi connectivity index (χ4n) is 5.56. The van der Waals surface area contributed by atoms with Crippen molar-refractivity contribution in [2.45, 2.75) is 70.9 Å². The average molecular weight is 430 g/mol. The SMILES string of the molecule is CCOC(=O)Nc1ccc(N2CCCC3(CCN(C4CCC(O)CC4)C3=O)C2)cc1C. The van der Waals surface area contributed by atoms with E-state index in [4.69, 9.17) is 4.74 Å². The highest BCUT2D eigenvalue weighted by Crippen LogP contribution is 2.43. The van der Waals surface area contributed by atoms with E-state index in [0.717, 1.165) is 81.5 Å². The lowest BCUT2D eigenvalue weighted by Crippen LogP contribution is -2.50. The normalized spacial score (nSPS) is 28.8. The molecule has 7 heteroatoms. The average Bonchev–Trinajstić information content (AvgIpc) is 3.06. The smallest absolute Gasteiger partial charge is 0.411 e. The maximum absolute atomic E-state index is 13.5. The van der Waals surface area contributed by atoms with Crippen LogP contribution >= 0.6 is 0 Å². The van der Waals surface area contributed by atoms with Crippen molar-refractivity contribution >= 4 is 23.4 Å². The third kappa shape index (κ3) is 4.52. The molecular formula is C24H35N3O4. The van der Waals surface area contributed by atoms with Gasteiger partial charge in [-0.2, -0.15) is 0 Å². The van der Waals surface area contributed by atoms with Gasteiger partial charge in [0.1, 0.15) is 0 Å². The zero-order valence-corrected chi connectivity index (χ0v) is 18.7. The summed E-state index contributed by atoms with van der Waals surface area (Å²) in [5, 5.41) is 12.6. The van der Waals surface area contributed by atoms with E-state index in [-0.39, 0.29) is 11.5 Å². The van der Waals surface area contributed by atoms with E-state index in [2.05, 4.69) is 21.2 Å². The summed E-state index contributed by atoms with van der Waals surface area (Å²) in [7, 11) is 0. The number of carbonyl (C=O) groups is 2. The second-order valence-electron chi connectivity index (χ2n) is 9.36. The first kappa shape index (κ1) is 21.9. The van der Waals surface area contributed by atoms with Crippen LogP contribution in [0.5, 0.6) is 0 Å². The fraction of sp³-hybridized carbons (Fsp3) is 0.667. The molecule has 1 aliphatic carbocycles. The molecule has 1 unspecified atom stereocenters. The van der Waals surface area contributed by atoms with Crippen LogP contribution < -0.4 is 10.2 Å². The molecule has 31 heavy (non-hydrogen) atoms. The summed E-state index contributed by atoms with van der Waals surface area (Å²) in [6.07, 6.45) is 5.68. The van der Waals surface area contributed by atoms with Gasteiger partial charge in [-0.1, -0.05) is 0 Å². The van der Waals surface area contributed by atoms with Crippen molar-refractivity contribution in [3.8, 4) is 0 Å². The molecule has 170 valence electrons. The molecular weight excluding hydrogens is 394 g/mol. The van der Waals surface area contributed by atoms with Gasteiger partial charge in [0.05, 0.1) is 18.1 Å². The van der Waals surface area contributed by atoms with Crippen LogP contribution in [-0.4, -0.2) is 60.4 Å². The van der Waals surface area contributed by atoms with Gasteiger partial charge in [-0.15, -0.1) is 0 Å². The number of aliphatic hydroxyl groups is 1. The molecule has 4 rings (SSSR count). The number of nitrogens with one attached hydrogen (secondary N) is 1. The van der Waals surface area contributed by atoms with Gasteiger partial charge >= 0.3 is 6.09 Å². The van der Waals surface area contributed by atoms with Gasteiger partial charge in [-0.3, -0.25) is 10.1 Å². The van der Waals surface area contributed by atoms with Crippen molar-refractivity contribution in [2.75, 3.05) is 36.5 Å². The molecule has 1 spiro atoms. The van der Waals surface area contributed by atoms with E-state index in [0.29, 0.717) is 18.6 Å². The first-order chi connectivity index (χ1) is 14.9. The highest BCUT2D eigenvalue weighted by atomic mass is 16.5. The minimum Gasteiger partial charge on any atom is -0.450 e. The van der Waals surface area contributed by atoms with Crippen LogP contribution in [0.15, 0.2) is 18.2 Å².